The minimum atomic E-state index is 0.130. The third-order valence-electron chi connectivity index (χ3n) is 4.77. The average molecular weight is 415 g/mol. The Labute approximate surface area is 173 Å². The van der Waals surface area contributed by atoms with Gasteiger partial charge in [-0.1, -0.05) is 11.8 Å². The molecule has 9 heteroatoms. The number of aliphatic hydroxyl groups excluding tert-OH is 2. The lowest BCUT2D eigenvalue weighted by atomic mass is 10.1. The maximum Gasteiger partial charge on any atom is 0.121 e. The topological polar surface area (TPSA) is 107 Å². The molecule has 29 heavy (non-hydrogen) atoms. The molecule has 0 fully saturated rings. The molecular weight excluding hydrogens is 388 g/mol. The molecule has 0 spiro atoms. The molecule has 0 amide bonds. The van der Waals surface area contributed by atoms with Crippen LogP contribution in [0.15, 0.2) is 40.3 Å². The van der Waals surface area contributed by atoms with Gasteiger partial charge in [-0.25, -0.2) is 0 Å². The molecule has 8 nitrogen and oxygen atoms in total. The fourth-order valence-electron chi connectivity index (χ4n) is 3.46. The van der Waals surface area contributed by atoms with E-state index in [2.05, 4.69) is 39.1 Å². The van der Waals surface area contributed by atoms with E-state index in [9.17, 15) is 0 Å². The van der Waals surface area contributed by atoms with Gasteiger partial charge in [0.2, 0.25) is 0 Å². The first-order chi connectivity index (χ1) is 14.3. The number of anilines is 1. The maximum atomic E-state index is 8.96. The van der Waals surface area contributed by atoms with Crippen LogP contribution in [0.1, 0.15) is 0 Å². The van der Waals surface area contributed by atoms with Crippen LogP contribution in [0.2, 0.25) is 0 Å². The van der Waals surface area contributed by atoms with Gasteiger partial charge in [0.1, 0.15) is 11.4 Å². The van der Waals surface area contributed by atoms with Crippen LogP contribution in [0.3, 0.4) is 0 Å². The number of benzene rings is 1. The van der Waals surface area contributed by atoms with Crippen LogP contribution in [0.4, 0.5) is 5.69 Å². The Kier molecular flexibility index (Phi) is 6.63. The number of rotatable bonds is 11. The van der Waals surface area contributed by atoms with Gasteiger partial charge in [-0.3, -0.25) is 9.67 Å². The number of hydrogen-bond acceptors (Lipinski definition) is 8. The minimum Gasteiger partial charge on any atom is -0.395 e. The Hall–Kier alpha value is -2.17. The van der Waals surface area contributed by atoms with Crippen LogP contribution < -0.4 is 16.0 Å². The lowest BCUT2D eigenvalue weighted by molar-refractivity contribution is 0.291. The molecule has 0 saturated carbocycles. The van der Waals surface area contributed by atoms with Gasteiger partial charge in [0.15, 0.2) is 0 Å². The molecule has 5 N–H and O–H groups in total. The van der Waals surface area contributed by atoms with E-state index < -0.39 is 0 Å². The van der Waals surface area contributed by atoms with Crippen LogP contribution in [0.5, 0.6) is 0 Å². The fraction of sp³-hybridized carbons (Fsp3) is 0.400. The predicted octanol–water partition coefficient (Wildman–Crippen LogP) is 1.14. The van der Waals surface area contributed by atoms with Crippen LogP contribution >= 0.6 is 11.8 Å². The highest BCUT2D eigenvalue weighted by Crippen LogP contribution is 2.49. The predicted molar refractivity (Wildman–Crippen MR) is 115 cm³/mol. The number of nitrogens with one attached hydrogen (secondary N) is 3. The summed E-state index contributed by atoms with van der Waals surface area (Å²) in [5, 5.41) is 33.8. The molecule has 0 unspecified atom stereocenters. The Morgan fingerprint density at radius 3 is 2.59 bits per heavy atom. The second-order valence-electron chi connectivity index (χ2n) is 6.73. The second kappa shape index (κ2) is 9.55. The van der Waals surface area contributed by atoms with Crippen molar-refractivity contribution in [1.29, 1.82) is 0 Å². The molecule has 1 aromatic carbocycles. The largest absolute Gasteiger partial charge is 0.395 e. The summed E-state index contributed by atoms with van der Waals surface area (Å²) < 4.78 is 2.02. The lowest BCUT2D eigenvalue weighted by Gasteiger charge is -2.18. The van der Waals surface area contributed by atoms with E-state index >= 15 is 0 Å². The number of aromatic nitrogens is 3. The molecule has 0 radical (unpaired) electrons. The highest BCUT2D eigenvalue weighted by atomic mass is 32.2. The Morgan fingerprint density at radius 2 is 1.76 bits per heavy atom. The number of hydrogen-bond donors (Lipinski definition) is 5. The van der Waals surface area contributed by atoms with Gasteiger partial charge in [0.05, 0.1) is 25.3 Å². The summed E-state index contributed by atoms with van der Waals surface area (Å²) in [6.07, 6.45) is 1.81. The molecule has 3 aromatic rings. The highest BCUT2D eigenvalue weighted by molar-refractivity contribution is 8.00. The first-order valence-corrected chi connectivity index (χ1v) is 10.7. The minimum absolute atomic E-state index is 0.130. The molecule has 3 heterocycles. The normalized spacial score (nSPS) is 12.3. The lowest BCUT2D eigenvalue weighted by Crippen LogP contribution is -2.25. The maximum absolute atomic E-state index is 8.96. The third kappa shape index (κ3) is 4.24. The van der Waals surface area contributed by atoms with E-state index in [-0.39, 0.29) is 13.2 Å². The van der Waals surface area contributed by atoms with Crippen LogP contribution in [0, 0.1) is 0 Å². The summed E-state index contributed by atoms with van der Waals surface area (Å²) in [7, 11) is 0. The fourth-order valence-corrected chi connectivity index (χ4v) is 4.63. The highest BCUT2D eigenvalue weighted by Gasteiger charge is 2.26. The Morgan fingerprint density at radius 1 is 0.931 bits per heavy atom. The van der Waals surface area contributed by atoms with Crippen molar-refractivity contribution in [3.63, 3.8) is 0 Å². The van der Waals surface area contributed by atoms with Crippen molar-refractivity contribution in [3.05, 3.63) is 30.5 Å². The van der Waals surface area contributed by atoms with Crippen LogP contribution in [0.25, 0.3) is 22.3 Å². The van der Waals surface area contributed by atoms with Crippen molar-refractivity contribution in [2.45, 2.75) is 16.3 Å². The van der Waals surface area contributed by atoms with E-state index in [4.69, 9.17) is 15.3 Å². The SMILES string of the molecule is OCCNCCNc1ccc2c3c(nn2CCNCCO)-c2ncccc2Sc13. The molecule has 2 aromatic heterocycles. The van der Waals surface area contributed by atoms with Crippen LogP contribution in [-0.2, 0) is 6.54 Å². The molecular formula is C20H26N6O2S. The molecule has 4 rings (SSSR count). The summed E-state index contributed by atoms with van der Waals surface area (Å²) in [6, 6.07) is 8.27. The zero-order valence-electron chi connectivity index (χ0n) is 16.2. The number of nitrogens with zero attached hydrogens (tertiary/aromatic N) is 3. The van der Waals surface area contributed by atoms with Crippen molar-refractivity contribution in [1.82, 2.24) is 25.4 Å². The quantitative estimate of drug-likeness (QED) is 0.233. The molecule has 0 aliphatic carbocycles. The first kappa shape index (κ1) is 20.1. The van der Waals surface area contributed by atoms with E-state index in [1.807, 2.05) is 16.9 Å². The van der Waals surface area contributed by atoms with Gasteiger partial charge < -0.3 is 26.2 Å². The standard InChI is InChI=1S/C20H26N6O2S/c27-12-9-21-6-7-23-14-3-4-15-17-19(25-26(15)11-8-22-10-13-28)18-16(29-20(14)17)2-1-5-24-18/h1-5,21-23,27-28H,6-13H2. The van der Waals surface area contributed by atoms with E-state index in [0.29, 0.717) is 13.1 Å². The Bertz CT molecular complexity index is 977. The van der Waals surface area contributed by atoms with Crippen molar-refractivity contribution < 1.29 is 10.2 Å². The van der Waals surface area contributed by atoms with Crippen molar-refractivity contribution in [2.24, 2.45) is 0 Å². The summed E-state index contributed by atoms with van der Waals surface area (Å²) >= 11 is 1.73. The van der Waals surface area contributed by atoms with E-state index in [1.165, 1.54) is 4.90 Å². The molecule has 1 aliphatic heterocycles. The zero-order valence-corrected chi connectivity index (χ0v) is 17.0. The van der Waals surface area contributed by atoms with Crippen LogP contribution in [-0.4, -0.2) is 70.9 Å². The van der Waals surface area contributed by atoms with Gasteiger partial charge in [0.25, 0.3) is 0 Å². The van der Waals surface area contributed by atoms with Crippen molar-refractivity contribution >= 4 is 28.4 Å². The molecule has 0 saturated heterocycles. The monoisotopic (exact) mass is 414 g/mol. The molecule has 1 aliphatic rings. The molecule has 0 atom stereocenters. The zero-order chi connectivity index (χ0) is 20.1. The van der Waals surface area contributed by atoms with Gasteiger partial charge in [-0.2, -0.15) is 5.10 Å². The molecule has 0 bridgehead atoms. The summed E-state index contributed by atoms with van der Waals surface area (Å²) in [6.45, 7) is 4.47. The summed E-state index contributed by atoms with van der Waals surface area (Å²) in [5.74, 6) is 0. The Balaban J connectivity index is 1.66. The van der Waals surface area contributed by atoms with Crippen molar-refractivity contribution in [2.75, 3.05) is 51.3 Å². The van der Waals surface area contributed by atoms with Gasteiger partial charge in [-0.15, -0.1) is 0 Å². The van der Waals surface area contributed by atoms with Gasteiger partial charge >= 0.3 is 0 Å². The molecule has 154 valence electrons. The van der Waals surface area contributed by atoms with E-state index in [1.54, 1.807) is 11.8 Å². The average Bonchev–Trinajstić information content (AvgIpc) is 3.12. The number of fused-ring (bicyclic) bond motifs is 2. The second-order valence-corrected chi connectivity index (χ2v) is 7.79. The van der Waals surface area contributed by atoms with Crippen molar-refractivity contribution in [3.8, 4) is 11.4 Å². The third-order valence-corrected chi connectivity index (χ3v) is 5.95. The summed E-state index contributed by atoms with van der Waals surface area (Å²) in [4.78, 5) is 6.88. The smallest absolute Gasteiger partial charge is 0.121 e. The summed E-state index contributed by atoms with van der Waals surface area (Å²) in [5.41, 5.74) is 4.03. The van der Waals surface area contributed by atoms with Gasteiger partial charge in [0, 0.05) is 59.8 Å². The number of pyridine rings is 1. The van der Waals surface area contributed by atoms with Gasteiger partial charge in [-0.05, 0) is 24.3 Å². The first-order valence-electron chi connectivity index (χ1n) is 9.87. The van der Waals surface area contributed by atoms with E-state index in [0.717, 1.165) is 59.1 Å². The number of aliphatic hydroxyl groups is 2.